The summed E-state index contributed by atoms with van der Waals surface area (Å²) >= 11 is 6.18. The molecule has 0 aromatic carbocycles. The molecular weight excluding hydrogens is 254 g/mol. The molecule has 18 heavy (non-hydrogen) atoms. The normalized spacial score (nSPS) is 23.3. The minimum absolute atomic E-state index is 0.157. The molecule has 2 unspecified atom stereocenters. The molecule has 0 spiro atoms. The first kappa shape index (κ1) is 13.8. The van der Waals surface area contributed by atoms with E-state index in [0.29, 0.717) is 18.1 Å². The van der Waals surface area contributed by atoms with Crippen molar-refractivity contribution in [1.82, 2.24) is 14.7 Å². The zero-order valence-electron chi connectivity index (χ0n) is 11.1. The third kappa shape index (κ3) is 2.85. The maximum atomic E-state index is 10.3. The number of hydrogen-bond acceptors (Lipinski definition) is 4. The quantitative estimate of drug-likeness (QED) is 0.877. The van der Waals surface area contributed by atoms with Gasteiger partial charge in [-0.2, -0.15) is 5.10 Å². The van der Waals surface area contributed by atoms with Crippen molar-refractivity contribution in [3.63, 3.8) is 0 Å². The van der Waals surface area contributed by atoms with E-state index in [1.54, 1.807) is 4.68 Å². The van der Waals surface area contributed by atoms with Gasteiger partial charge in [0.1, 0.15) is 0 Å². The summed E-state index contributed by atoms with van der Waals surface area (Å²) in [7, 11) is 3.87. The minimum atomic E-state index is -0.556. The lowest BCUT2D eigenvalue weighted by Gasteiger charge is -2.32. The number of aromatic nitrogens is 2. The maximum Gasteiger partial charge on any atom is 0.0964 e. The Kier molecular flexibility index (Phi) is 4.27. The average molecular weight is 274 g/mol. The van der Waals surface area contributed by atoms with Gasteiger partial charge in [-0.25, -0.2) is 0 Å². The summed E-state index contributed by atoms with van der Waals surface area (Å²) < 4.78 is 7.33. The Morgan fingerprint density at radius 3 is 2.83 bits per heavy atom. The Morgan fingerprint density at radius 2 is 2.28 bits per heavy atom. The molecule has 0 amide bonds. The van der Waals surface area contributed by atoms with Gasteiger partial charge >= 0.3 is 0 Å². The molecule has 5 nitrogen and oxygen atoms in total. The predicted molar refractivity (Wildman–Crippen MR) is 69.9 cm³/mol. The van der Waals surface area contributed by atoms with Crippen molar-refractivity contribution in [2.24, 2.45) is 7.05 Å². The molecule has 102 valence electrons. The van der Waals surface area contributed by atoms with Crippen LogP contribution in [0.3, 0.4) is 0 Å². The molecule has 2 rings (SSSR count). The number of aryl methyl sites for hydroxylation is 2. The van der Waals surface area contributed by atoms with E-state index < -0.39 is 6.10 Å². The molecule has 2 heterocycles. The largest absolute Gasteiger partial charge is 0.390 e. The van der Waals surface area contributed by atoms with E-state index in [-0.39, 0.29) is 6.10 Å². The number of likely N-dealkylation sites (N-methyl/N-ethyl adjacent to an activating group) is 1. The first-order valence-corrected chi connectivity index (χ1v) is 6.53. The molecule has 1 fully saturated rings. The van der Waals surface area contributed by atoms with Crippen LogP contribution in [-0.4, -0.2) is 58.7 Å². The number of ether oxygens (including phenoxy) is 1. The maximum absolute atomic E-state index is 10.3. The van der Waals surface area contributed by atoms with Crippen LogP contribution in [0.4, 0.5) is 0 Å². The van der Waals surface area contributed by atoms with E-state index in [0.717, 1.165) is 24.5 Å². The van der Waals surface area contributed by atoms with E-state index in [4.69, 9.17) is 16.3 Å². The summed E-state index contributed by atoms with van der Waals surface area (Å²) in [5.74, 6) is 0. The van der Waals surface area contributed by atoms with Crippen LogP contribution in [0.15, 0.2) is 0 Å². The second-order valence-electron chi connectivity index (χ2n) is 4.91. The number of morpholine rings is 1. The highest BCUT2D eigenvalue weighted by Gasteiger charge is 2.27. The fourth-order valence-electron chi connectivity index (χ4n) is 2.28. The molecule has 0 aliphatic carbocycles. The van der Waals surface area contributed by atoms with E-state index in [9.17, 15) is 5.11 Å². The minimum Gasteiger partial charge on any atom is -0.390 e. The van der Waals surface area contributed by atoms with Crippen LogP contribution < -0.4 is 0 Å². The van der Waals surface area contributed by atoms with E-state index >= 15 is 0 Å². The first-order valence-electron chi connectivity index (χ1n) is 6.15. The van der Waals surface area contributed by atoms with Gasteiger partial charge in [-0.3, -0.25) is 4.68 Å². The third-order valence-electron chi connectivity index (χ3n) is 3.39. The summed E-state index contributed by atoms with van der Waals surface area (Å²) in [5.41, 5.74) is 1.65. The summed E-state index contributed by atoms with van der Waals surface area (Å²) in [4.78, 5) is 2.16. The van der Waals surface area contributed by atoms with Gasteiger partial charge in [-0.15, -0.1) is 0 Å². The van der Waals surface area contributed by atoms with Gasteiger partial charge in [-0.1, -0.05) is 11.6 Å². The molecule has 6 heteroatoms. The van der Waals surface area contributed by atoms with Crippen LogP contribution in [0.25, 0.3) is 0 Å². The van der Waals surface area contributed by atoms with Gasteiger partial charge in [0.2, 0.25) is 0 Å². The summed E-state index contributed by atoms with van der Waals surface area (Å²) in [6, 6.07) is 0. The summed E-state index contributed by atoms with van der Waals surface area (Å²) in [6.45, 7) is 4.18. The monoisotopic (exact) mass is 273 g/mol. The lowest BCUT2D eigenvalue weighted by Crippen LogP contribution is -2.46. The van der Waals surface area contributed by atoms with Crippen LogP contribution >= 0.6 is 11.6 Å². The van der Waals surface area contributed by atoms with Gasteiger partial charge in [0, 0.05) is 26.6 Å². The summed E-state index contributed by atoms with van der Waals surface area (Å²) in [5, 5.41) is 15.1. The molecule has 1 aliphatic heterocycles. The number of hydrogen-bond donors (Lipinski definition) is 1. The number of nitrogens with zero attached hydrogens (tertiary/aromatic N) is 3. The van der Waals surface area contributed by atoms with Gasteiger partial charge < -0.3 is 14.7 Å². The van der Waals surface area contributed by atoms with Crippen LogP contribution in [-0.2, 0) is 18.2 Å². The topological polar surface area (TPSA) is 50.5 Å². The molecule has 0 radical (unpaired) electrons. The molecule has 2 atom stereocenters. The van der Waals surface area contributed by atoms with Crippen molar-refractivity contribution >= 4 is 11.6 Å². The van der Waals surface area contributed by atoms with E-state index in [2.05, 4.69) is 10.00 Å². The Morgan fingerprint density at radius 1 is 1.56 bits per heavy atom. The molecule has 1 N–H and O–H groups in total. The molecule has 1 aliphatic rings. The lowest BCUT2D eigenvalue weighted by atomic mass is 10.1. The molecule has 1 aromatic heterocycles. The van der Waals surface area contributed by atoms with Gasteiger partial charge in [0.25, 0.3) is 0 Å². The molecular formula is C12H20ClN3O2. The van der Waals surface area contributed by atoms with E-state index in [1.807, 2.05) is 21.0 Å². The smallest absolute Gasteiger partial charge is 0.0964 e. The number of halogens is 1. The first-order chi connectivity index (χ1) is 8.49. The molecule has 1 aromatic rings. The van der Waals surface area contributed by atoms with Crippen LogP contribution in [0.1, 0.15) is 11.4 Å². The van der Waals surface area contributed by atoms with Crippen molar-refractivity contribution in [3.8, 4) is 0 Å². The SMILES string of the molecule is Cc1nn(C)c(CC(O)C2CN(C)CCO2)c1Cl. The van der Waals surface area contributed by atoms with Crippen molar-refractivity contribution in [1.29, 1.82) is 0 Å². The molecule has 0 saturated carbocycles. The second-order valence-corrected chi connectivity index (χ2v) is 5.29. The Bertz CT molecular complexity index is 422. The number of aliphatic hydroxyl groups is 1. The Labute approximate surface area is 112 Å². The van der Waals surface area contributed by atoms with Gasteiger partial charge in [-0.05, 0) is 14.0 Å². The van der Waals surface area contributed by atoms with E-state index in [1.165, 1.54) is 0 Å². The zero-order valence-corrected chi connectivity index (χ0v) is 11.8. The van der Waals surface area contributed by atoms with Crippen molar-refractivity contribution in [2.75, 3.05) is 26.7 Å². The molecule has 0 bridgehead atoms. The van der Waals surface area contributed by atoms with Crippen LogP contribution in [0, 0.1) is 6.92 Å². The number of aliphatic hydroxyl groups excluding tert-OH is 1. The average Bonchev–Trinajstić information content (AvgIpc) is 2.56. The van der Waals surface area contributed by atoms with Gasteiger partial charge in [0.05, 0.1) is 35.2 Å². The zero-order chi connectivity index (χ0) is 13.3. The second kappa shape index (κ2) is 5.57. The molecule has 1 saturated heterocycles. The van der Waals surface area contributed by atoms with Crippen molar-refractivity contribution < 1.29 is 9.84 Å². The van der Waals surface area contributed by atoms with Crippen molar-refractivity contribution in [3.05, 3.63) is 16.4 Å². The highest BCUT2D eigenvalue weighted by Crippen LogP contribution is 2.22. The standard InChI is InChI=1S/C12H20ClN3O2/c1-8-12(13)9(16(3)14-8)6-10(17)11-7-15(2)4-5-18-11/h10-11,17H,4-7H2,1-3H3. The van der Waals surface area contributed by atoms with Crippen LogP contribution in [0.2, 0.25) is 5.02 Å². The Balaban J connectivity index is 2.04. The fraction of sp³-hybridized carbons (Fsp3) is 0.750. The Hall–Kier alpha value is -0.620. The summed E-state index contributed by atoms with van der Waals surface area (Å²) in [6.07, 6.45) is -0.246. The highest BCUT2D eigenvalue weighted by molar-refractivity contribution is 6.31. The third-order valence-corrected chi connectivity index (χ3v) is 3.88. The highest BCUT2D eigenvalue weighted by atomic mass is 35.5. The van der Waals surface area contributed by atoms with Gasteiger partial charge in [0.15, 0.2) is 0 Å². The number of rotatable bonds is 3. The van der Waals surface area contributed by atoms with Crippen molar-refractivity contribution in [2.45, 2.75) is 25.6 Å². The lowest BCUT2D eigenvalue weighted by molar-refractivity contribution is -0.0827. The van der Waals surface area contributed by atoms with Crippen LogP contribution in [0.5, 0.6) is 0 Å². The fourth-order valence-corrected chi connectivity index (χ4v) is 2.51. The predicted octanol–water partition coefficient (Wildman–Crippen LogP) is 0.616.